The van der Waals surface area contributed by atoms with Crippen molar-refractivity contribution in [3.8, 4) is 5.69 Å². The topological polar surface area (TPSA) is 54.7 Å². The molecule has 2 aliphatic heterocycles. The van der Waals surface area contributed by atoms with Gasteiger partial charge in [0.2, 0.25) is 0 Å². The van der Waals surface area contributed by atoms with E-state index < -0.39 is 0 Å². The van der Waals surface area contributed by atoms with Crippen LogP contribution in [0.5, 0.6) is 0 Å². The van der Waals surface area contributed by atoms with Crippen LogP contribution in [0, 0.1) is 5.41 Å². The van der Waals surface area contributed by atoms with Crippen LogP contribution in [0.1, 0.15) is 18.4 Å². The van der Waals surface area contributed by atoms with Gasteiger partial charge in [-0.3, -0.25) is 4.99 Å². The Bertz CT molecular complexity index is 717. The molecule has 0 saturated carbocycles. The number of nitrogens with zero attached hydrogens (tertiary/aromatic N) is 4. The molecule has 25 heavy (non-hydrogen) atoms. The molecule has 3 heterocycles. The summed E-state index contributed by atoms with van der Waals surface area (Å²) < 4.78 is 7.49. The molecule has 6 heteroatoms. The maximum atomic E-state index is 5.62. The summed E-state index contributed by atoms with van der Waals surface area (Å²) >= 11 is 0. The van der Waals surface area contributed by atoms with Crippen LogP contribution >= 0.6 is 0 Å². The van der Waals surface area contributed by atoms with Gasteiger partial charge in [-0.15, -0.1) is 0 Å². The monoisotopic (exact) mass is 339 g/mol. The summed E-state index contributed by atoms with van der Waals surface area (Å²) in [7, 11) is 1.86. The molecule has 0 aliphatic carbocycles. The molecule has 132 valence electrons. The molecule has 6 nitrogen and oxygen atoms in total. The quantitative estimate of drug-likeness (QED) is 0.687. The maximum absolute atomic E-state index is 5.62. The van der Waals surface area contributed by atoms with Crippen molar-refractivity contribution >= 4 is 5.96 Å². The zero-order chi connectivity index (χ0) is 17.1. The number of hydrogen-bond donors (Lipinski definition) is 1. The van der Waals surface area contributed by atoms with E-state index in [1.807, 2.05) is 24.0 Å². The van der Waals surface area contributed by atoms with Crippen molar-refractivity contribution in [2.24, 2.45) is 10.4 Å². The van der Waals surface area contributed by atoms with Crippen LogP contribution in [-0.4, -0.2) is 54.0 Å². The van der Waals surface area contributed by atoms with E-state index in [-0.39, 0.29) is 0 Å². The van der Waals surface area contributed by atoms with Crippen LogP contribution in [-0.2, 0) is 11.3 Å². The highest BCUT2D eigenvalue weighted by Crippen LogP contribution is 2.38. The van der Waals surface area contributed by atoms with Crippen LogP contribution in [0.4, 0.5) is 0 Å². The van der Waals surface area contributed by atoms with Gasteiger partial charge in [0.1, 0.15) is 0 Å². The second kappa shape index (κ2) is 6.88. The van der Waals surface area contributed by atoms with Crippen LogP contribution in [0.25, 0.3) is 5.69 Å². The summed E-state index contributed by atoms with van der Waals surface area (Å²) in [5.74, 6) is 0.986. The smallest absolute Gasteiger partial charge is 0.193 e. The predicted molar refractivity (Wildman–Crippen MR) is 97.8 cm³/mol. The van der Waals surface area contributed by atoms with Crippen molar-refractivity contribution < 1.29 is 4.74 Å². The molecule has 1 atom stereocenters. The summed E-state index contributed by atoms with van der Waals surface area (Å²) in [6, 6.07) is 10.4. The van der Waals surface area contributed by atoms with Crippen molar-refractivity contribution in [2.45, 2.75) is 19.4 Å². The normalized spacial score (nSPS) is 23.6. The summed E-state index contributed by atoms with van der Waals surface area (Å²) in [5, 5.41) is 7.76. The molecule has 1 unspecified atom stereocenters. The van der Waals surface area contributed by atoms with Crippen LogP contribution in [0.15, 0.2) is 47.7 Å². The largest absolute Gasteiger partial charge is 0.381 e. The van der Waals surface area contributed by atoms with Gasteiger partial charge in [-0.25, -0.2) is 4.68 Å². The Balaban J connectivity index is 1.35. The van der Waals surface area contributed by atoms with Gasteiger partial charge in [-0.2, -0.15) is 5.10 Å². The van der Waals surface area contributed by atoms with E-state index in [0.717, 1.165) is 44.5 Å². The highest BCUT2D eigenvalue weighted by Gasteiger charge is 2.42. The lowest BCUT2D eigenvalue weighted by molar-refractivity contribution is 0.156. The van der Waals surface area contributed by atoms with Gasteiger partial charge in [0.25, 0.3) is 0 Å². The molecule has 0 bridgehead atoms. The average Bonchev–Trinajstić information content (AvgIpc) is 3.40. The molecule has 1 aromatic carbocycles. The molecule has 0 radical (unpaired) electrons. The molecule has 2 saturated heterocycles. The summed E-state index contributed by atoms with van der Waals surface area (Å²) in [4.78, 5) is 6.84. The number of aliphatic imine (C=N–C) groups is 1. The van der Waals surface area contributed by atoms with Crippen LogP contribution < -0.4 is 5.32 Å². The van der Waals surface area contributed by atoms with Gasteiger partial charge in [0, 0.05) is 51.1 Å². The Hall–Kier alpha value is -2.34. The Morgan fingerprint density at radius 1 is 1.32 bits per heavy atom. The third-order valence-electron chi connectivity index (χ3n) is 5.29. The van der Waals surface area contributed by atoms with E-state index in [9.17, 15) is 0 Å². The third-order valence-corrected chi connectivity index (χ3v) is 5.29. The number of guanidine groups is 1. The highest BCUT2D eigenvalue weighted by atomic mass is 16.5. The Kier molecular flexibility index (Phi) is 4.44. The average molecular weight is 339 g/mol. The number of ether oxygens (including phenoxy) is 1. The molecular formula is C19H25N5O. The van der Waals surface area contributed by atoms with Crippen molar-refractivity contribution in [3.63, 3.8) is 0 Å². The van der Waals surface area contributed by atoms with E-state index in [1.165, 1.54) is 18.4 Å². The molecule has 2 aromatic rings. The van der Waals surface area contributed by atoms with Gasteiger partial charge in [0.15, 0.2) is 5.96 Å². The van der Waals surface area contributed by atoms with E-state index >= 15 is 0 Å². The van der Waals surface area contributed by atoms with Crippen molar-refractivity contribution in [1.29, 1.82) is 0 Å². The summed E-state index contributed by atoms with van der Waals surface area (Å²) in [6.07, 6.45) is 6.12. The number of likely N-dealkylation sites (tertiary alicyclic amines) is 1. The van der Waals surface area contributed by atoms with E-state index in [2.05, 4.69) is 44.6 Å². The third kappa shape index (κ3) is 3.39. The minimum absolute atomic E-state index is 0.350. The molecule has 1 aromatic heterocycles. The fourth-order valence-electron chi connectivity index (χ4n) is 3.79. The van der Waals surface area contributed by atoms with Crippen molar-refractivity contribution in [3.05, 3.63) is 48.3 Å². The number of hydrogen-bond acceptors (Lipinski definition) is 3. The van der Waals surface area contributed by atoms with Crippen molar-refractivity contribution in [2.75, 3.05) is 33.4 Å². The van der Waals surface area contributed by atoms with Gasteiger partial charge >= 0.3 is 0 Å². The molecule has 2 aliphatic rings. The van der Waals surface area contributed by atoms with Crippen LogP contribution in [0.3, 0.4) is 0 Å². The maximum Gasteiger partial charge on any atom is 0.193 e. The second-order valence-corrected chi connectivity index (χ2v) is 6.99. The molecule has 1 N–H and O–H groups in total. The predicted octanol–water partition coefficient (Wildman–Crippen LogP) is 2.06. The Morgan fingerprint density at radius 2 is 2.20 bits per heavy atom. The van der Waals surface area contributed by atoms with E-state index in [1.54, 1.807) is 6.20 Å². The van der Waals surface area contributed by atoms with Crippen molar-refractivity contribution in [1.82, 2.24) is 20.0 Å². The first kappa shape index (κ1) is 16.1. The zero-order valence-electron chi connectivity index (χ0n) is 14.7. The summed E-state index contributed by atoms with van der Waals surface area (Å²) in [5.41, 5.74) is 2.65. The lowest BCUT2D eigenvalue weighted by Gasteiger charge is -2.25. The minimum Gasteiger partial charge on any atom is -0.381 e. The van der Waals surface area contributed by atoms with Crippen LogP contribution in [0.2, 0.25) is 0 Å². The van der Waals surface area contributed by atoms with E-state index in [0.29, 0.717) is 5.41 Å². The zero-order valence-corrected chi connectivity index (χ0v) is 14.7. The standard InChI is InChI=1S/C19H25N5O/c1-20-18(23-11-7-19(14-23)8-12-25-15-19)21-13-16-3-5-17(6-4-16)24-10-2-9-22-24/h2-6,9-10H,7-8,11-15H2,1H3,(H,20,21). The molecule has 1 spiro atoms. The lowest BCUT2D eigenvalue weighted by Crippen LogP contribution is -2.41. The second-order valence-electron chi connectivity index (χ2n) is 6.99. The number of rotatable bonds is 3. The van der Waals surface area contributed by atoms with Gasteiger partial charge < -0.3 is 15.0 Å². The fraction of sp³-hybridized carbons (Fsp3) is 0.474. The Morgan fingerprint density at radius 3 is 2.88 bits per heavy atom. The molecular weight excluding hydrogens is 314 g/mol. The first-order valence-corrected chi connectivity index (χ1v) is 8.90. The SMILES string of the molecule is CN=C(NCc1ccc(-n2cccn2)cc1)N1CCC2(CCOC2)C1. The first-order valence-electron chi connectivity index (χ1n) is 8.90. The molecule has 4 rings (SSSR count). The molecule has 2 fully saturated rings. The summed E-state index contributed by atoms with van der Waals surface area (Å²) in [6.45, 7) is 4.68. The highest BCUT2D eigenvalue weighted by molar-refractivity contribution is 5.80. The number of benzene rings is 1. The number of nitrogens with one attached hydrogen (secondary N) is 1. The van der Waals surface area contributed by atoms with Gasteiger partial charge in [-0.1, -0.05) is 12.1 Å². The van der Waals surface area contributed by atoms with Gasteiger partial charge in [0.05, 0.1) is 12.3 Å². The molecule has 0 amide bonds. The lowest BCUT2D eigenvalue weighted by atomic mass is 9.87. The minimum atomic E-state index is 0.350. The van der Waals surface area contributed by atoms with E-state index in [4.69, 9.17) is 4.74 Å². The Labute approximate surface area is 148 Å². The fourth-order valence-corrected chi connectivity index (χ4v) is 3.79. The van der Waals surface area contributed by atoms with Gasteiger partial charge in [-0.05, 0) is 36.6 Å². The number of aromatic nitrogens is 2. The first-order chi connectivity index (χ1) is 12.3.